The highest BCUT2D eigenvalue weighted by atomic mass is 15.0. The quantitative estimate of drug-likeness (QED) is 0.825. The number of imidazole rings is 1. The fraction of sp³-hybridized carbons (Fsp3) is 0.333. The number of nitrogens with zero attached hydrogens (tertiary/aromatic N) is 2. The molecule has 0 spiro atoms. The summed E-state index contributed by atoms with van der Waals surface area (Å²) in [6.45, 7) is 4.17. The fourth-order valence-electron chi connectivity index (χ4n) is 1.50. The van der Waals surface area contributed by atoms with Crippen LogP contribution in [0.3, 0.4) is 0 Å². The molecular weight excluding hydrogens is 200 g/mol. The Kier molecular flexibility index (Phi) is 3.01. The normalized spacial score (nSPS) is 13.0. The average Bonchev–Trinajstić information content (AvgIpc) is 2.78. The topological polar surface area (TPSA) is 67.6 Å². The highest BCUT2D eigenvalue weighted by molar-refractivity contribution is 5.57. The summed E-state index contributed by atoms with van der Waals surface area (Å²) in [6, 6.07) is 3.84. The van der Waals surface area contributed by atoms with Gasteiger partial charge in [0, 0.05) is 18.0 Å². The Bertz CT molecular complexity index is 447. The lowest BCUT2D eigenvalue weighted by molar-refractivity contribution is 0.494. The molecule has 2 rings (SSSR count). The van der Waals surface area contributed by atoms with Gasteiger partial charge in [-0.25, -0.2) is 4.98 Å². The van der Waals surface area contributed by atoms with Crippen LogP contribution in [0.5, 0.6) is 0 Å². The van der Waals surface area contributed by atoms with E-state index in [0.717, 1.165) is 17.1 Å². The van der Waals surface area contributed by atoms with E-state index in [1.54, 1.807) is 12.4 Å². The van der Waals surface area contributed by atoms with Crippen molar-refractivity contribution in [2.24, 2.45) is 11.7 Å². The lowest BCUT2D eigenvalue weighted by Gasteiger charge is -2.11. The third-order valence-corrected chi connectivity index (χ3v) is 2.62. The summed E-state index contributed by atoms with van der Waals surface area (Å²) in [5.41, 5.74) is 8.08. The molecule has 0 aliphatic carbocycles. The summed E-state index contributed by atoms with van der Waals surface area (Å²) in [5.74, 6) is 1.21. The van der Waals surface area contributed by atoms with E-state index in [4.69, 9.17) is 5.73 Å². The van der Waals surface area contributed by atoms with Crippen LogP contribution in [-0.2, 0) is 0 Å². The summed E-state index contributed by atoms with van der Waals surface area (Å²) in [7, 11) is 0. The molecule has 0 aliphatic heterocycles. The highest BCUT2D eigenvalue weighted by Crippen LogP contribution is 2.20. The van der Waals surface area contributed by atoms with Gasteiger partial charge in [-0.2, -0.15) is 0 Å². The minimum Gasteiger partial charge on any atom is -0.341 e. The smallest absolute Gasteiger partial charge is 0.123 e. The number of pyridine rings is 1. The van der Waals surface area contributed by atoms with Gasteiger partial charge in [-0.15, -0.1) is 0 Å². The summed E-state index contributed by atoms with van der Waals surface area (Å²) >= 11 is 0. The molecule has 2 heterocycles. The number of nitrogens with one attached hydrogen (secondary N) is 1. The van der Waals surface area contributed by atoms with E-state index in [1.165, 1.54) is 0 Å². The third kappa shape index (κ3) is 2.12. The van der Waals surface area contributed by atoms with Crippen molar-refractivity contribution in [2.45, 2.75) is 19.9 Å². The van der Waals surface area contributed by atoms with Gasteiger partial charge in [-0.1, -0.05) is 13.8 Å². The van der Waals surface area contributed by atoms with Crippen molar-refractivity contribution in [1.82, 2.24) is 15.0 Å². The molecule has 0 fully saturated rings. The molecule has 1 atom stereocenters. The molecule has 0 amide bonds. The van der Waals surface area contributed by atoms with E-state index >= 15 is 0 Å². The molecule has 0 aromatic carbocycles. The van der Waals surface area contributed by atoms with Crippen LogP contribution in [0.4, 0.5) is 0 Å². The molecule has 84 valence electrons. The van der Waals surface area contributed by atoms with E-state index in [1.807, 2.05) is 18.3 Å². The molecule has 4 heteroatoms. The van der Waals surface area contributed by atoms with Crippen molar-refractivity contribution in [3.8, 4) is 11.3 Å². The zero-order valence-corrected chi connectivity index (χ0v) is 9.51. The molecule has 16 heavy (non-hydrogen) atoms. The standard InChI is InChI=1S/C12H16N4/c1-8(2)11(13)12-15-7-10(16-12)9-3-5-14-6-4-9/h3-8,11H,13H2,1-2H3,(H,15,16). The Hall–Kier alpha value is -1.68. The summed E-state index contributed by atoms with van der Waals surface area (Å²) in [4.78, 5) is 11.5. The Balaban J connectivity index is 2.27. The highest BCUT2D eigenvalue weighted by Gasteiger charge is 2.14. The second kappa shape index (κ2) is 4.45. The number of aromatic nitrogens is 3. The number of aromatic amines is 1. The van der Waals surface area contributed by atoms with Crippen molar-refractivity contribution >= 4 is 0 Å². The number of nitrogens with two attached hydrogens (primary N) is 1. The number of hydrogen-bond acceptors (Lipinski definition) is 3. The lowest BCUT2D eigenvalue weighted by atomic mass is 10.1. The zero-order chi connectivity index (χ0) is 11.5. The molecular formula is C12H16N4. The van der Waals surface area contributed by atoms with E-state index in [0.29, 0.717) is 5.92 Å². The average molecular weight is 216 g/mol. The van der Waals surface area contributed by atoms with E-state index in [-0.39, 0.29) is 6.04 Å². The van der Waals surface area contributed by atoms with Crippen molar-refractivity contribution in [2.75, 3.05) is 0 Å². The SMILES string of the molecule is CC(C)C(N)c1ncc(-c2ccncc2)[nH]1. The van der Waals surface area contributed by atoms with Crippen molar-refractivity contribution in [3.63, 3.8) is 0 Å². The summed E-state index contributed by atoms with van der Waals surface area (Å²) in [6.07, 6.45) is 5.34. The predicted octanol–water partition coefficient (Wildman–Crippen LogP) is 2.13. The Morgan fingerprint density at radius 1 is 1.25 bits per heavy atom. The molecule has 0 bridgehead atoms. The first-order valence-corrected chi connectivity index (χ1v) is 5.39. The minimum absolute atomic E-state index is 0.0458. The number of hydrogen-bond donors (Lipinski definition) is 2. The minimum atomic E-state index is -0.0458. The molecule has 0 saturated carbocycles. The molecule has 0 saturated heterocycles. The van der Waals surface area contributed by atoms with Gasteiger partial charge in [0.25, 0.3) is 0 Å². The maximum absolute atomic E-state index is 6.02. The van der Waals surface area contributed by atoms with E-state index in [2.05, 4.69) is 28.8 Å². The van der Waals surface area contributed by atoms with Crippen LogP contribution >= 0.6 is 0 Å². The first-order chi connectivity index (χ1) is 7.68. The molecule has 0 radical (unpaired) electrons. The fourth-order valence-corrected chi connectivity index (χ4v) is 1.50. The van der Waals surface area contributed by atoms with Gasteiger partial charge in [-0.05, 0) is 18.1 Å². The second-order valence-corrected chi connectivity index (χ2v) is 4.19. The maximum Gasteiger partial charge on any atom is 0.123 e. The molecule has 0 aliphatic rings. The molecule has 2 aromatic heterocycles. The number of H-pyrrole nitrogens is 1. The van der Waals surface area contributed by atoms with Gasteiger partial charge in [0.2, 0.25) is 0 Å². The van der Waals surface area contributed by atoms with E-state index in [9.17, 15) is 0 Å². The Labute approximate surface area is 94.9 Å². The van der Waals surface area contributed by atoms with Gasteiger partial charge < -0.3 is 10.7 Å². The molecule has 1 unspecified atom stereocenters. The van der Waals surface area contributed by atoms with Crippen molar-refractivity contribution < 1.29 is 0 Å². The van der Waals surface area contributed by atoms with Crippen LogP contribution in [0.25, 0.3) is 11.3 Å². The first-order valence-electron chi connectivity index (χ1n) is 5.39. The van der Waals surface area contributed by atoms with Crippen LogP contribution < -0.4 is 5.73 Å². The Morgan fingerprint density at radius 3 is 2.56 bits per heavy atom. The van der Waals surface area contributed by atoms with Crippen molar-refractivity contribution in [3.05, 3.63) is 36.5 Å². The van der Waals surface area contributed by atoms with Gasteiger partial charge in [0.05, 0.1) is 17.9 Å². The van der Waals surface area contributed by atoms with Crippen LogP contribution in [-0.4, -0.2) is 15.0 Å². The van der Waals surface area contributed by atoms with Crippen LogP contribution in [0.2, 0.25) is 0 Å². The molecule has 3 N–H and O–H groups in total. The zero-order valence-electron chi connectivity index (χ0n) is 9.51. The van der Waals surface area contributed by atoms with Crippen LogP contribution in [0, 0.1) is 5.92 Å². The first kappa shape index (κ1) is 10.8. The summed E-state index contributed by atoms with van der Waals surface area (Å²) in [5, 5.41) is 0. The van der Waals surface area contributed by atoms with Gasteiger partial charge in [0.15, 0.2) is 0 Å². The predicted molar refractivity (Wildman–Crippen MR) is 63.6 cm³/mol. The molecule has 4 nitrogen and oxygen atoms in total. The van der Waals surface area contributed by atoms with Crippen LogP contribution in [0.15, 0.2) is 30.7 Å². The molecule has 2 aromatic rings. The van der Waals surface area contributed by atoms with Gasteiger partial charge in [0.1, 0.15) is 5.82 Å². The van der Waals surface area contributed by atoms with E-state index < -0.39 is 0 Å². The maximum atomic E-state index is 6.02. The third-order valence-electron chi connectivity index (χ3n) is 2.62. The van der Waals surface area contributed by atoms with Gasteiger partial charge >= 0.3 is 0 Å². The number of rotatable bonds is 3. The monoisotopic (exact) mass is 216 g/mol. The Morgan fingerprint density at radius 2 is 1.94 bits per heavy atom. The second-order valence-electron chi connectivity index (χ2n) is 4.19. The lowest BCUT2D eigenvalue weighted by Crippen LogP contribution is -2.18. The van der Waals surface area contributed by atoms with Crippen LogP contribution in [0.1, 0.15) is 25.7 Å². The summed E-state index contributed by atoms with van der Waals surface area (Å²) < 4.78 is 0. The van der Waals surface area contributed by atoms with Gasteiger partial charge in [-0.3, -0.25) is 4.98 Å². The largest absolute Gasteiger partial charge is 0.341 e. The van der Waals surface area contributed by atoms with Crippen molar-refractivity contribution in [1.29, 1.82) is 0 Å².